The highest BCUT2D eigenvalue weighted by molar-refractivity contribution is 7.07. The predicted molar refractivity (Wildman–Crippen MR) is 68.4 cm³/mol. The third-order valence-electron chi connectivity index (χ3n) is 2.64. The maximum absolute atomic E-state index is 12.0. The number of hydrogen-bond donors (Lipinski definition) is 1. The Bertz CT molecular complexity index is 584. The van der Waals surface area contributed by atoms with Crippen LogP contribution in [0.3, 0.4) is 0 Å². The Labute approximate surface area is 108 Å². The van der Waals surface area contributed by atoms with Crippen LogP contribution in [0, 0.1) is 6.92 Å². The Morgan fingerprint density at radius 2 is 2.39 bits per heavy atom. The van der Waals surface area contributed by atoms with Crippen molar-refractivity contribution in [2.24, 2.45) is 0 Å². The quantitative estimate of drug-likeness (QED) is 0.881. The van der Waals surface area contributed by atoms with Crippen molar-refractivity contribution < 1.29 is 4.79 Å². The molecule has 2 heterocycles. The standard InChI is InChI=1S/C11H14N4O2S/c1-8-7-18-11(17)15(8)6-10(16)14(2)5-9-12-3-4-13-9/h3-4,7H,5-6H2,1-2H3,(H,12,13). The summed E-state index contributed by atoms with van der Waals surface area (Å²) < 4.78 is 1.48. The summed E-state index contributed by atoms with van der Waals surface area (Å²) in [5.41, 5.74) is 0.810. The van der Waals surface area contributed by atoms with Gasteiger partial charge in [0.15, 0.2) is 0 Å². The summed E-state index contributed by atoms with van der Waals surface area (Å²) in [5, 5.41) is 1.75. The van der Waals surface area contributed by atoms with Gasteiger partial charge in [-0.15, -0.1) is 0 Å². The van der Waals surface area contributed by atoms with Crippen molar-refractivity contribution in [1.82, 2.24) is 19.4 Å². The Hall–Kier alpha value is -1.89. The molecule has 2 rings (SSSR count). The highest BCUT2D eigenvalue weighted by atomic mass is 32.1. The molecule has 0 aliphatic rings. The number of H-pyrrole nitrogens is 1. The Morgan fingerprint density at radius 1 is 1.61 bits per heavy atom. The second kappa shape index (κ2) is 5.18. The molecule has 1 N–H and O–H groups in total. The van der Waals surface area contributed by atoms with Crippen molar-refractivity contribution >= 4 is 17.2 Å². The molecule has 7 heteroatoms. The molecular formula is C11H14N4O2S. The summed E-state index contributed by atoms with van der Waals surface area (Å²) in [6.07, 6.45) is 3.35. The number of amides is 1. The molecule has 2 aromatic heterocycles. The summed E-state index contributed by atoms with van der Waals surface area (Å²) in [7, 11) is 1.69. The van der Waals surface area contributed by atoms with Crippen LogP contribution < -0.4 is 4.87 Å². The highest BCUT2D eigenvalue weighted by Gasteiger charge is 2.13. The lowest BCUT2D eigenvalue weighted by Gasteiger charge is -2.16. The fraction of sp³-hybridized carbons (Fsp3) is 0.364. The predicted octanol–water partition coefficient (Wildman–Crippen LogP) is 0.600. The van der Waals surface area contributed by atoms with Crippen molar-refractivity contribution in [3.63, 3.8) is 0 Å². The van der Waals surface area contributed by atoms with Crippen LogP contribution in [-0.2, 0) is 17.9 Å². The van der Waals surface area contributed by atoms with E-state index >= 15 is 0 Å². The fourth-order valence-corrected chi connectivity index (χ4v) is 2.28. The van der Waals surface area contributed by atoms with E-state index in [1.807, 2.05) is 6.92 Å². The first kappa shape index (κ1) is 12.6. The van der Waals surface area contributed by atoms with E-state index in [0.717, 1.165) is 22.9 Å². The molecule has 96 valence electrons. The zero-order valence-corrected chi connectivity index (χ0v) is 11.0. The molecule has 0 saturated heterocycles. The van der Waals surface area contributed by atoms with E-state index < -0.39 is 0 Å². The number of likely N-dealkylation sites (N-methyl/N-ethyl adjacent to an activating group) is 1. The molecule has 0 bridgehead atoms. The van der Waals surface area contributed by atoms with E-state index in [0.29, 0.717) is 6.54 Å². The molecule has 1 amide bonds. The number of nitrogens with zero attached hydrogens (tertiary/aromatic N) is 3. The molecule has 0 radical (unpaired) electrons. The van der Waals surface area contributed by atoms with Gasteiger partial charge in [0, 0.05) is 30.5 Å². The van der Waals surface area contributed by atoms with Crippen LogP contribution >= 0.6 is 11.3 Å². The zero-order chi connectivity index (χ0) is 13.1. The lowest BCUT2D eigenvalue weighted by atomic mass is 10.4. The number of aromatic nitrogens is 3. The number of rotatable bonds is 4. The number of carbonyl (C=O) groups excluding carboxylic acids is 1. The van der Waals surface area contributed by atoms with Gasteiger partial charge < -0.3 is 9.88 Å². The minimum atomic E-state index is -0.116. The van der Waals surface area contributed by atoms with Gasteiger partial charge in [-0.05, 0) is 6.92 Å². The molecule has 0 aromatic carbocycles. The van der Waals surface area contributed by atoms with E-state index in [-0.39, 0.29) is 17.3 Å². The van der Waals surface area contributed by atoms with Crippen LogP contribution in [0.2, 0.25) is 0 Å². The van der Waals surface area contributed by atoms with Crippen LogP contribution in [0.5, 0.6) is 0 Å². The number of nitrogens with one attached hydrogen (secondary N) is 1. The lowest BCUT2D eigenvalue weighted by molar-refractivity contribution is -0.131. The van der Waals surface area contributed by atoms with E-state index in [2.05, 4.69) is 9.97 Å². The molecule has 18 heavy (non-hydrogen) atoms. The van der Waals surface area contributed by atoms with E-state index in [4.69, 9.17) is 0 Å². The Balaban J connectivity index is 2.02. The second-order valence-electron chi connectivity index (χ2n) is 4.01. The zero-order valence-electron chi connectivity index (χ0n) is 10.2. The van der Waals surface area contributed by atoms with E-state index in [1.165, 1.54) is 4.57 Å². The fourth-order valence-electron chi connectivity index (χ4n) is 1.55. The monoisotopic (exact) mass is 266 g/mol. The van der Waals surface area contributed by atoms with Gasteiger partial charge in [-0.1, -0.05) is 11.3 Å². The smallest absolute Gasteiger partial charge is 0.307 e. The van der Waals surface area contributed by atoms with E-state index in [9.17, 15) is 9.59 Å². The van der Waals surface area contributed by atoms with Crippen molar-refractivity contribution in [2.75, 3.05) is 7.05 Å². The number of aromatic amines is 1. The molecule has 0 unspecified atom stereocenters. The molecule has 0 aliphatic carbocycles. The Kier molecular flexibility index (Phi) is 3.61. The number of hydrogen-bond acceptors (Lipinski definition) is 4. The first-order chi connectivity index (χ1) is 8.58. The third kappa shape index (κ3) is 2.67. The highest BCUT2D eigenvalue weighted by Crippen LogP contribution is 2.02. The second-order valence-corrected chi connectivity index (χ2v) is 4.84. The number of aryl methyl sites for hydroxylation is 1. The summed E-state index contributed by atoms with van der Waals surface area (Å²) in [6.45, 7) is 2.30. The Morgan fingerprint density at radius 3 is 2.94 bits per heavy atom. The van der Waals surface area contributed by atoms with Crippen molar-refractivity contribution in [2.45, 2.75) is 20.0 Å². The van der Waals surface area contributed by atoms with Crippen LogP contribution in [0.1, 0.15) is 11.5 Å². The largest absolute Gasteiger partial charge is 0.347 e. The van der Waals surface area contributed by atoms with Gasteiger partial charge >= 0.3 is 4.87 Å². The normalized spacial score (nSPS) is 10.6. The molecular weight excluding hydrogens is 252 g/mol. The van der Waals surface area contributed by atoms with Crippen molar-refractivity contribution in [1.29, 1.82) is 0 Å². The minimum absolute atomic E-state index is 0.0748. The first-order valence-electron chi connectivity index (χ1n) is 5.45. The number of imidazole rings is 1. The van der Waals surface area contributed by atoms with Gasteiger partial charge in [-0.25, -0.2) is 4.98 Å². The minimum Gasteiger partial charge on any atom is -0.347 e. The molecule has 6 nitrogen and oxygen atoms in total. The van der Waals surface area contributed by atoms with Crippen LogP contribution in [-0.4, -0.2) is 32.4 Å². The summed E-state index contributed by atoms with van der Waals surface area (Å²) >= 11 is 1.11. The molecule has 0 spiro atoms. The van der Waals surface area contributed by atoms with Gasteiger partial charge in [0.1, 0.15) is 12.4 Å². The lowest BCUT2D eigenvalue weighted by Crippen LogP contribution is -2.32. The van der Waals surface area contributed by atoms with Gasteiger partial charge in [0.2, 0.25) is 5.91 Å². The van der Waals surface area contributed by atoms with Crippen molar-refractivity contribution in [3.05, 3.63) is 39.0 Å². The van der Waals surface area contributed by atoms with E-state index in [1.54, 1.807) is 29.7 Å². The van der Waals surface area contributed by atoms with Gasteiger partial charge in [0.05, 0.1) is 6.54 Å². The molecule has 2 aromatic rings. The van der Waals surface area contributed by atoms with Gasteiger partial charge in [0.25, 0.3) is 0 Å². The summed E-state index contributed by atoms with van der Waals surface area (Å²) in [5.74, 6) is 0.607. The molecule has 0 fully saturated rings. The van der Waals surface area contributed by atoms with Crippen molar-refractivity contribution in [3.8, 4) is 0 Å². The number of thiazole rings is 1. The summed E-state index contributed by atoms with van der Waals surface area (Å²) in [6, 6.07) is 0. The molecule has 0 saturated carbocycles. The SMILES string of the molecule is Cc1csc(=O)n1CC(=O)N(C)Cc1ncc[nH]1. The topological polar surface area (TPSA) is 71.0 Å². The third-order valence-corrected chi connectivity index (χ3v) is 3.52. The molecule has 0 atom stereocenters. The van der Waals surface area contributed by atoms with Crippen LogP contribution in [0.25, 0.3) is 0 Å². The van der Waals surface area contributed by atoms with Gasteiger partial charge in [-0.2, -0.15) is 0 Å². The summed E-state index contributed by atoms with van der Waals surface area (Å²) in [4.78, 5) is 31.9. The average molecular weight is 266 g/mol. The molecule has 0 aliphatic heterocycles. The van der Waals surface area contributed by atoms with Gasteiger partial charge in [-0.3, -0.25) is 14.2 Å². The van der Waals surface area contributed by atoms with Crippen LogP contribution in [0.15, 0.2) is 22.6 Å². The average Bonchev–Trinajstić information content (AvgIpc) is 2.94. The maximum Gasteiger partial charge on any atom is 0.307 e. The maximum atomic E-state index is 12.0. The number of carbonyl (C=O) groups is 1. The first-order valence-corrected chi connectivity index (χ1v) is 6.33. The van der Waals surface area contributed by atoms with Crippen LogP contribution in [0.4, 0.5) is 0 Å².